The van der Waals surface area contributed by atoms with Crippen LogP contribution in [0, 0.1) is 11.7 Å². The highest BCUT2D eigenvalue weighted by Crippen LogP contribution is 2.40. The maximum absolute atomic E-state index is 14.6. The Bertz CT molecular complexity index is 610. The number of allylic oxidation sites excluding steroid dienone is 2. The minimum atomic E-state index is -1.54. The van der Waals surface area contributed by atoms with Crippen molar-refractivity contribution in [3.63, 3.8) is 0 Å². The fourth-order valence-corrected chi connectivity index (χ4v) is 4.28. The highest BCUT2D eigenvalue weighted by atomic mass is 19.3. The number of rotatable bonds is 3. The van der Waals surface area contributed by atoms with Crippen molar-refractivity contribution >= 4 is 0 Å². The molecule has 2 aliphatic carbocycles. The SMILES string of the molecule is C=CC1CCC(c2ccc(C3CCC(=C(F)F)CC3)c(F)c2)CC1. The van der Waals surface area contributed by atoms with E-state index >= 15 is 0 Å². The summed E-state index contributed by atoms with van der Waals surface area (Å²) in [7, 11) is 0. The minimum absolute atomic E-state index is 0.0682. The molecule has 1 aromatic carbocycles. The summed E-state index contributed by atoms with van der Waals surface area (Å²) in [6, 6.07) is 5.64. The lowest BCUT2D eigenvalue weighted by Gasteiger charge is -2.28. The molecule has 24 heavy (non-hydrogen) atoms. The number of hydrogen-bond donors (Lipinski definition) is 0. The van der Waals surface area contributed by atoms with Crippen molar-refractivity contribution in [3.05, 3.63) is 59.5 Å². The van der Waals surface area contributed by atoms with E-state index in [1.54, 1.807) is 6.07 Å². The molecule has 0 aromatic heterocycles. The first-order chi connectivity index (χ1) is 11.6. The molecule has 0 N–H and O–H groups in total. The van der Waals surface area contributed by atoms with E-state index in [0.29, 0.717) is 43.1 Å². The number of halogens is 3. The van der Waals surface area contributed by atoms with E-state index in [1.807, 2.05) is 12.1 Å². The molecule has 0 nitrogen and oxygen atoms in total. The molecule has 2 fully saturated rings. The van der Waals surface area contributed by atoms with Crippen molar-refractivity contribution in [2.45, 2.75) is 63.2 Å². The van der Waals surface area contributed by atoms with Crippen molar-refractivity contribution in [3.8, 4) is 0 Å². The topological polar surface area (TPSA) is 0 Å². The molecular weight excluding hydrogens is 309 g/mol. The van der Waals surface area contributed by atoms with Gasteiger partial charge in [-0.25, -0.2) is 4.39 Å². The molecule has 0 heterocycles. The van der Waals surface area contributed by atoms with Crippen molar-refractivity contribution in [1.29, 1.82) is 0 Å². The Hall–Kier alpha value is -1.51. The zero-order valence-corrected chi connectivity index (χ0v) is 14.0. The fraction of sp³-hybridized carbons (Fsp3) is 0.524. The van der Waals surface area contributed by atoms with Crippen LogP contribution in [0.25, 0.3) is 0 Å². The van der Waals surface area contributed by atoms with Gasteiger partial charge in [0.1, 0.15) is 5.82 Å². The van der Waals surface area contributed by atoms with E-state index in [-0.39, 0.29) is 17.3 Å². The maximum Gasteiger partial charge on any atom is 0.269 e. The fourth-order valence-electron chi connectivity index (χ4n) is 4.28. The highest BCUT2D eigenvalue weighted by molar-refractivity contribution is 5.31. The largest absolute Gasteiger partial charge is 0.269 e. The van der Waals surface area contributed by atoms with Crippen molar-refractivity contribution in [1.82, 2.24) is 0 Å². The molecule has 0 unspecified atom stereocenters. The van der Waals surface area contributed by atoms with Gasteiger partial charge in [0, 0.05) is 0 Å². The zero-order valence-electron chi connectivity index (χ0n) is 14.0. The third-order valence-electron chi connectivity index (χ3n) is 5.90. The summed E-state index contributed by atoms with van der Waals surface area (Å²) < 4.78 is 39.9. The van der Waals surface area contributed by atoms with Gasteiger partial charge in [-0.05, 0) is 91.9 Å². The summed E-state index contributed by atoms with van der Waals surface area (Å²) in [5.41, 5.74) is 2.05. The summed E-state index contributed by atoms with van der Waals surface area (Å²) in [5.74, 6) is 0.951. The predicted octanol–water partition coefficient (Wildman–Crippen LogP) is 7.09. The molecular formula is C21H25F3. The van der Waals surface area contributed by atoms with Crippen LogP contribution in [0.5, 0.6) is 0 Å². The van der Waals surface area contributed by atoms with Crippen LogP contribution >= 0.6 is 0 Å². The van der Waals surface area contributed by atoms with Crippen LogP contribution in [-0.4, -0.2) is 0 Å². The Morgan fingerprint density at radius 3 is 2.17 bits per heavy atom. The quantitative estimate of drug-likeness (QED) is 0.517. The van der Waals surface area contributed by atoms with Gasteiger partial charge in [-0.2, -0.15) is 8.78 Å². The van der Waals surface area contributed by atoms with Gasteiger partial charge in [-0.3, -0.25) is 0 Å². The molecule has 0 atom stereocenters. The second-order valence-electron chi connectivity index (χ2n) is 7.27. The average molecular weight is 334 g/mol. The monoisotopic (exact) mass is 334 g/mol. The van der Waals surface area contributed by atoms with Gasteiger partial charge in [-0.15, -0.1) is 6.58 Å². The summed E-state index contributed by atoms with van der Waals surface area (Å²) >= 11 is 0. The van der Waals surface area contributed by atoms with Crippen molar-refractivity contribution < 1.29 is 13.2 Å². The Labute approximate surface area is 142 Å². The molecule has 3 heteroatoms. The normalized spacial score (nSPS) is 27.8. The third kappa shape index (κ3) is 3.76. The van der Waals surface area contributed by atoms with Crippen LogP contribution in [0.15, 0.2) is 42.5 Å². The molecule has 3 rings (SSSR count). The second kappa shape index (κ2) is 7.58. The van der Waals surface area contributed by atoms with Crippen LogP contribution in [0.2, 0.25) is 0 Å². The maximum atomic E-state index is 14.6. The van der Waals surface area contributed by atoms with E-state index < -0.39 is 6.08 Å². The predicted molar refractivity (Wildman–Crippen MR) is 91.7 cm³/mol. The van der Waals surface area contributed by atoms with Crippen LogP contribution < -0.4 is 0 Å². The second-order valence-corrected chi connectivity index (χ2v) is 7.27. The number of hydrogen-bond acceptors (Lipinski definition) is 0. The Morgan fingerprint density at radius 2 is 1.62 bits per heavy atom. The van der Waals surface area contributed by atoms with Crippen molar-refractivity contribution in [2.24, 2.45) is 5.92 Å². The van der Waals surface area contributed by atoms with Crippen LogP contribution in [-0.2, 0) is 0 Å². The molecule has 0 radical (unpaired) electrons. The van der Waals surface area contributed by atoms with Gasteiger partial charge in [0.15, 0.2) is 0 Å². The van der Waals surface area contributed by atoms with E-state index in [0.717, 1.165) is 31.2 Å². The lowest BCUT2D eigenvalue weighted by molar-refractivity contribution is 0.374. The molecule has 2 saturated carbocycles. The average Bonchev–Trinajstić information content (AvgIpc) is 2.62. The van der Waals surface area contributed by atoms with Crippen LogP contribution in [0.4, 0.5) is 13.2 Å². The van der Waals surface area contributed by atoms with Crippen molar-refractivity contribution in [2.75, 3.05) is 0 Å². The highest BCUT2D eigenvalue weighted by Gasteiger charge is 2.25. The standard InChI is InChI=1S/C21H25F3/c1-2-14-3-5-15(6-4-14)18-11-12-19(20(22)13-18)16-7-9-17(10-8-16)21(23)24/h2,11-16H,1,3-10H2. The number of benzene rings is 1. The first-order valence-electron chi connectivity index (χ1n) is 9.03. The Balaban J connectivity index is 1.67. The van der Waals surface area contributed by atoms with E-state index in [2.05, 4.69) is 12.6 Å². The first kappa shape index (κ1) is 17.3. The molecule has 2 aliphatic rings. The molecule has 0 spiro atoms. The van der Waals surface area contributed by atoms with Gasteiger partial charge < -0.3 is 0 Å². The molecule has 0 aliphatic heterocycles. The lowest BCUT2D eigenvalue weighted by atomic mass is 9.77. The molecule has 0 bridgehead atoms. The van der Waals surface area contributed by atoms with Gasteiger partial charge in [0.2, 0.25) is 0 Å². The lowest BCUT2D eigenvalue weighted by Crippen LogP contribution is -2.13. The van der Waals surface area contributed by atoms with E-state index in [4.69, 9.17) is 0 Å². The molecule has 0 saturated heterocycles. The van der Waals surface area contributed by atoms with E-state index in [1.165, 1.54) is 0 Å². The summed E-state index contributed by atoms with van der Waals surface area (Å²) in [4.78, 5) is 0. The van der Waals surface area contributed by atoms with Gasteiger partial charge in [0.25, 0.3) is 6.08 Å². The van der Waals surface area contributed by atoms with Crippen LogP contribution in [0.1, 0.15) is 74.3 Å². The van der Waals surface area contributed by atoms with Gasteiger partial charge >= 0.3 is 0 Å². The van der Waals surface area contributed by atoms with Gasteiger partial charge in [-0.1, -0.05) is 18.2 Å². The first-order valence-corrected chi connectivity index (χ1v) is 9.03. The van der Waals surface area contributed by atoms with E-state index in [9.17, 15) is 13.2 Å². The smallest absolute Gasteiger partial charge is 0.207 e. The third-order valence-corrected chi connectivity index (χ3v) is 5.90. The molecule has 1 aromatic rings. The minimum Gasteiger partial charge on any atom is -0.207 e. The molecule has 0 amide bonds. The summed E-state index contributed by atoms with van der Waals surface area (Å²) in [6.45, 7) is 3.87. The Morgan fingerprint density at radius 1 is 0.958 bits per heavy atom. The van der Waals surface area contributed by atoms with Crippen LogP contribution in [0.3, 0.4) is 0 Å². The Kier molecular flexibility index (Phi) is 5.47. The summed E-state index contributed by atoms with van der Waals surface area (Å²) in [5, 5.41) is 0. The van der Waals surface area contributed by atoms with Gasteiger partial charge in [0.05, 0.1) is 0 Å². The summed E-state index contributed by atoms with van der Waals surface area (Å²) in [6.07, 6.45) is 6.94. The molecule has 130 valence electrons. The zero-order chi connectivity index (χ0) is 17.1.